The van der Waals surface area contributed by atoms with Crippen molar-refractivity contribution >= 4 is 5.91 Å². The first-order valence-electron chi connectivity index (χ1n) is 7.07. The second-order valence-electron chi connectivity index (χ2n) is 6.34. The lowest BCUT2D eigenvalue weighted by Gasteiger charge is -2.20. The third-order valence-corrected chi connectivity index (χ3v) is 3.79. The molecule has 110 valence electrons. The maximum absolute atomic E-state index is 12.2. The molecule has 1 aliphatic rings. The second-order valence-corrected chi connectivity index (χ2v) is 6.34. The van der Waals surface area contributed by atoms with Gasteiger partial charge in [-0.05, 0) is 23.1 Å². The number of hydrogen-bond donors (Lipinski definition) is 2. The summed E-state index contributed by atoms with van der Waals surface area (Å²) in [6.45, 7) is 8.02. The van der Waals surface area contributed by atoms with E-state index < -0.39 is 0 Å². The van der Waals surface area contributed by atoms with Gasteiger partial charge in [-0.1, -0.05) is 32.9 Å². The predicted octanol–water partition coefficient (Wildman–Crippen LogP) is 1.70. The molecule has 1 aliphatic heterocycles. The molecule has 1 unspecified atom stereocenters. The van der Waals surface area contributed by atoms with E-state index in [1.165, 1.54) is 5.56 Å². The Labute approximate surface area is 120 Å². The Kier molecular flexibility index (Phi) is 4.45. The zero-order valence-corrected chi connectivity index (χ0v) is 12.7. The van der Waals surface area contributed by atoms with Crippen molar-refractivity contribution in [2.45, 2.75) is 38.3 Å². The van der Waals surface area contributed by atoms with Crippen LogP contribution in [-0.2, 0) is 10.2 Å². The molecule has 1 amide bonds. The highest BCUT2D eigenvalue weighted by atomic mass is 16.5. The molecule has 0 radical (unpaired) electrons. The van der Waals surface area contributed by atoms with Gasteiger partial charge in [-0.3, -0.25) is 4.79 Å². The standard InChI is InChI=1S/C16H24N2O2/c1-16(2,3)12-7-5-11(6-8-12)15(19)18-13-9-17-10-14(13)20-4/h5-8,13-14,17H,9-10H2,1-4H3,(H,18,19)/t13?,14-/m0/s1. The highest BCUT2D eigenvalue weighted by molar-refractivity contribution is 5.94. The maximum Gasteiger partial charge on any atom is 0.251 e. The van der Waals surface area contributed by atoms with Crippen molar-refractivity contribution in [2.75, 3.05) is 20.2 Å². The third kappa shape index (κ3) is 3.38. The number of carbonyl (C=O) groups excluding carboxylic acids is 1. The molecule has 1 saturated heterocycles. The molecule has 20 heavy (non-hydrogen) atoms. The normalized spacial score (nSPS) is 22.8. The predicted molar refractivity (Wildman–Crippen MR) is 80.1 cm³/mol. The number of rotatable bonds is 3. The van der Waals surface area contributed by atoms with E-state index >= 15 is 0 Å². The van der Waals surface area contributed by atoms with Gasteiger partial charge >= 0.3 is 0 Å². The van der Waals surface area contributed by atoms with E-state index in [1.54, 1.807) is 7.11 Å². The molecule has 1 aromatic carbocycles. The summed E-state index contributed by atoms with van der Waals surface area (Å²) in [5.74, 6) is -0.0405. The average molecular weight is 276 g/mol. The van der Waals surface area contributed by atoms with Crippen molar-refractivity contribution in [1.29, 1.82) is 0 Å². The number of amides is 1. The van der Waals surface area contributed by atoms with Crippen LogP contribution in [0.4, 0.5) is 0 Å². The van der Waals surface area contributed by atoms with E-state index in [-0.39, 0.29) is 23.5 Å². The largest absolute Gasteiger partial charge is 0.378 e. The van der Waals surface area contributed by atoms with Crippen molar-refractivity contribution in [3.8, 4) is 0 Å². The van der Waals surface area contributed by atoms with Crippen molar-refractivity contribution in [3.05, 3.63) is 35.4 Å². The van der Waals surface area contributed by atoms with Crippen molar-refractivity contribution < 1.29 is 9.53 Å². The number of ether oxygens (including phenoxy) is 1. The van der Waals surface area contributed by atoms with Crippen LogP contribution in [0.1, 0.15) is 36.7 Å². The van der Waals surface area contributed by atoms with Crippen molar-refractivity contribution in [3.63, 3.8) is 0 Å². The Balaban J connectivity index is 2.02. The molecular formula is C16H24N2O2. The molecule has 1 fully saturated rings. The van der Waals surface area contributed by atoms with Gasteiger partial charge in [-0.2, -0.15) is 0 Å². The van der Waals surface area contributed by atoms with Crippen LogP contribution < -0.4 is 10.6 Å². The zero-order valence-electron chi connectivity index (χ0n) is 12.7. The topological polar surface area (TPSA) is 50.4 Å². The Morgan fingerprint density at radius 1 is 1.25 bits per heavy atom. The number of methoxy groups -OCH3 is 1. The van der Waals surface area contributed by atoms with Crippen LogP contribution in [0.15, 0.2) is 24.3 Å². The van der Waals surface area contributed by atoms with Crippen LogP contribution in [0.3, 0.4) is 0 Å². The van der Waals surface area contributed by atoms with Crippen LogP contribution in [-0.4, -0.2) is 38.3 Å². The summed E-state index contributed by atoms with van der Waals surface area (Å²) in [6.07, 6.45) is 0.0489. The van der Waals surface area contributed by atoms with Crippen LogP contribution in [0, 0.1) is 0 Å². The Hall–Kier alpha value is -1.39. The van der Waals surface area contributed by atoms with Gasteiger partial charge in [0, 0.05) is 25.8 Å². The number of nitrogens with one attached hydrogen (secondary N) is 2. The van der Waals surface area contributed by atoms with E-state index in [0.29, 0.717) is 5.56 Å². The van der Waals surface area contributed by atoms with Gasteiger partial charge in [0.25, 0.3) is 5.91 Å². The lowest BCUT2D eigenvalue weighted by Crippen LogP contribution is -2.43. The van der Waals surface area contributed by atoms with Gasteiger partial charge in [0.1, 0.15) is 0 Å². The molecule has 0 aliphatic carbocycles. The molecule has 0 aromatic heterocycles. The van der Waals surface area contributed by atoms with Gasteiger partial charge in [-0.25, -0.2) is 0 Å². The molecule has 0 spiro atoms. The first-order chi connectivity index (χ1) is 9.41. The molecule has 0 bridgehead atoms. The van der Waals surface area contributed by atoms with E-state index in [9.17, 15) is 4.79 Å². The third-order valence-electron chi connectivity index (χ3n) is 3.79. The first-order valence-corrected chi connectivity index (χ1v) is 7.07. The maximum atomic E-state index is 12.2. The smallest absolute Gasteiger partial charge is 0.251 e. The highest BCUT2D eigenvalue weighted by Gasteiger charge is 2.28. The number of carbonyl (C=O) groups is 1. The molecule has 4 heteroatoms. The fraction of sp³-hybridized carbons (Fsp3) is 0.562. The summed E-state index contributed by atoms with van der Waals surface area (Å²) >= 11 is 0. The van der Waals surface area contributed by atoms with Crippen LogP contribution in [0.2, 0.25) is 0 Å². The minimum atomic E-state index is -0.0405. The van der Waals surface area contributed by atoms with Crippen LogP contribution in [0.25, 0.3) is 0 Å². The van der Waals surface area contributed by atoms with E-state index in [0.717, 1.165) is 13.1 Å². The number of hydrogen-bond acceptors (Lipinski definition) is 3. The molecule has 2 rings (SSSR count). The van der Waals surface area contributed by atoms with Gasteiger partial charge in [0.15, 0.2) is 0 Å². The van der Waals surface area contributed by atoms with Crippen molar-refractivity contribution in [2.24, 2.45) is 0 Å². The summed E-state index contributed by atoms with van der Waals surface area (Å²) < 4.78 is 5.35. The Bertz CT molecular complexity index is 462. The van der Waals surface area contributed by atoms with E-state index in [2.05, 4.69) is 31.4 Å². The van der Waals surface area contributed by atoms with Crippen LogP contribution >= 0.6 is 0 Å². The molecule has 1 aromatic rings. The zero-order chi connectivity index (χ0) is 14.8. The molecule has 2 atom stereocenters. The molecular weight excluding hydrogens is 252 g/mol. The van der Waals surface area contributed by atoms with Gasteiger partial charge in [0.2, 0.25) is 0 Å². The quantitative estimate of drug-likeness (QED) is 0.883. The summed E-state index contributed by atoms with van der Waals surface area (Å²) in [7, 11) is 1.68. The fourth-order valence-electron chi connectivity index (χ4n) is 2.42. The highest BCUT2D eigenvalue weighted by Crippen LogP contribution is 2.22. The first kappa shape index (κ1) is 15.0. The fourth-order valence-corrected chi connectivity index (χ4v) is 2.42. The molecule has 4 nitrogen and oxygen atoms in total. The molecule has 0 saturated carbocycles. The van der Waals surface area contributed by atoms with E-state index in [4.69, 9.17) is 4.74 Å². The summed E-state index contributed by atoms with van der Waals surface area (Å²) in [6, 6.07) is 7.86. The Morgan fingerprint density at radius 2 is 1.90 bits per heavy atom. The monoisotopic (exact) mass is 276 g/mol. The molecule has 2 N–H and O–H groups in total. The second kappa shape index (κ2) is 5.94. The lowest BCUT2D eigenvalue weighted by molar-refractivity contribution is 0.0780. The minimum Gasteiger partial charge on any atom is -0.378 e. The minimum absolute atomic E-state index is 0.0368. The van der Waals surface area contributed by atoms with E-state index in [1.807, 2.05) is 24.3 Å². The van der Waals surface area contributed by atoms with Crippen LogP contribution in [0.5, 0.6) is 0 Å². The van der Waals surface area contributed by atoms with Gasteiger partial charge < -0.3 is 15.4 Å². The van der Waals surface area contributed by atoms with Gasteiger partial charge in [0.05, 0.1) is 12.1 Å². The Morgan fingerprint density at radius 3 is 2.45 bits per heavy atom. The molecule has 1 heterocycles. The number of benzene rings is 1. The summed E-state index contributed by atoms with van der Waals surface area (Å²) in [4.78, 5) is 12.2. The summed E-state index contributed by atoms with van der Waals surface area (Å²) in [5.41, 5.74) is 2.03. The summed E-state index contributed by atoms with van der Waals surface area (Å²) in [5, 5.41) is 6.25. The van der Waals surface area contributed by atoms with Crippen molar-refractivity contribution in [1.82, 2.24) is 10.6 Å². The SMILES string of the molecule is CO[C@H]1CNCC1NC(=O)c1ccc(C(C)(C)C)cc1. The van der Waals surface area contributed by atoms with Gasteiger partial charge in [-0.15, -0.1) is 0 Å². The average Bonchev–Trinajstić information content (AvgIpc) is 2.85. The lowest BCUT2D eigenvalue weighted by atomic mass is 9.86.